The summed E-state index contributed by atoms with van der Waals surface area (Å²) in [4.78, 5) is 11.7. The van der Waals surface area contributed by atoms with Crippen LogP contribution in [0.5, 0.6) is 0 Å². The number of benzene rings is 1. The van der Waals surface area contributed by atoms with Gasteiger partial charge in [0.1, 0.15) is 5.60 Å². The Kier molecular flexibility index (Phi) is 5.88. The predicted molar refractivity (Wildman–Crippen MR) is 80.0 cm³/mol. The fourth-order valence-electron chi connectivity index (χ4n) is 1.85. The minimum absolute atomic E-state index is 0.0723. The third-order valence-electron chi connectivity index (χ3n) is 2.88. The van der Waals surface area contributed by atoms with Crippen LogP contribution in [0.2, 0.25) is 0 Å². The average molecular weight is 315 g/mol. The number of aliphatic hydroxyl groups excluding tert-OH is 1. The molecule has 0 unspecified atom stereocenters. The van der Waals surface area contributed by atoms with Crippen molar-refractivity contribution in [2.24, 2.45) is 0 Å². The van der Waals surface area contributed by atoms with Crippen LogP contribution in [-0.4, -0.2) is 29.4 Å². The first-order chi connectivity index (χ1) is 10.0. The average Bonchev–Trinajstić information content (AvgIpc) is 2.35. The highest BCUT2D eigenvalue weighted by atomic mass is 19.3. The van der Waals surface area contributed by atoms with Crippen molar-refractivity contribution in [2.75, 3.05) is 6.61 Å². The molecular weight excluding hydrogens is 292 g/mol. The SMILES string of the molecule is CC(C)(C)OC(=O)N[C@H](CO)Cc1ccc(C(C)(F)F)cc1. The molecule has 0 aliphatic rings. The number of nitrogens with one attached hydrogen (secondary N) is 1. The maximum atomic E-state index is 13.1. The highest BCUT2D eigenvalue weighted by Gasteiger charge is 2.24. The topological polar surface area (TPSA) is 58.6 Å². The summed E-state index contributed by atoms with van der Waals surface area (Å²) in [5, 5.41) is 11.9. The minimum Gasteiger partial charge on any atom is -0.444 e. The number of halogens is 2. The predicted octanol–water partition coefficient (Wildman–Crippen LogP) is 3.23. The zero-order chi connectivity index (χ0) is 17.0. The number of hydrogen-bond donors (Lipinski definition) is 2. The van der Waals surface area contributed by atoms with E-state index < -0.39 is 23.7 Å². The highest BCUT2D eigenvalue weighted by Crippen LogP contribution is 2.26. The molecule has 124 valence electrons. The normalized spacial score (nSPS) is 13.6. The molecule has 0 aliphatic heterocycles. The zero-order valence-electron chi connectivity index (χ0n) is 13.3. The lowest BCUT2D eigenvalue weighted by atomic mass is 10.0. The third-order valence-corrected chi connectivity index (χ3v) is 2.88. The second-order valence-electron chi connectivity index (χ2n) is 6.32. The molecule has 6 heteroatoms. The van der Waals surface area contributed by atoms with Crippen molar-refractivity contribution >= 4 is 6.09 Å². The summed E-state index contributed by atoms with van der Waals surface area (Å²) in [5.41, 5.74) is 0.0401. The summed E-state index contributed by atoms with van der Waals surface area (Å²) >= 11 is 0. The number of hydrogen-bond acceptors (Lipinski definition) is 3. The number of carbonyl (C=O) groups excluding carboxylic acids is 1. The van der Waals surface area contributed by atoms with Crippen molar-refractivity contribution in [1.29, 1.82) is 0 Å². The van der Waals surface area contributed by atoms with Gasteiger partial charge in [0.15, 0.2) is 0 Å². The monoisotopic (exact) mass is 315 g/mol. The second kappa shape index (κ2) is 7.05. The van der Waals surface area contributed by atoms with Gasteiger partial charge in [-0.05, 0) is 32.8 Å². The van der Waals surface area contributed by atoms with Gasteiger partial charge in [0.25, 0.3) is 5.92 Å². The molecule has 2 N–H and O–H groups in total. The first-order valence-electron chi connectivity index (χ1n) is 7.09. The molecule has 0 spiro atoms. The number of ether oxygens (including phenoxy) is 1. The summed E-state index contributed by atoms with van der Waals surface area (Å²) in [5.74, 6) is -2.89. The van der Waals surface area contributed by atoms with E-state index in [1.165, 1.54) is 12.1 Å². The van der Waals surface area contributed by atoms with Crippen LogP contribution in [-0.2, 0) is 17.1 Å². The van der Waals surface area contributed by atoms with Gasteiger partial charge in [-0.15, -0.1) is 0 Å². The van der Waals surface area contributed by atoms with Crippen LogP contribution in [0.4, 0.5) is 13.6 Å². The molecule has 1 rings (SSSR count). The van der Waals surface area contributed by atoms with Crippen LogP contribution in [0.1, 0.15) is 38.8 Å². The van der Waals surface area contributed by atoms with Gasteiger partial charge < -0.3 is 15.2 Å². The first kappa shape index (κ1) is 18.4. The van der Waals surface area contributed by atoms with Crippen molar-refractivity contribution in [2.45, 2.75) is 51.7 Å². The largest absolute Gasteiger partial charge is 0.444 e. The van der Waals surface area contributed by atoms with Crippen LogP contribution >= 0.6 is 0 Å². The van der Waals surface area contributed by atoms with Crippen LogP contribution in [0, 0.1) is 0 Å². The van der Waals surface area contributed by atoms with Crippen molar-refractivity contribution in [3.63, 3.8) is 0 Å². The van der Waals surface area contributed by atoms with Crippen molar-refractivity contribution < 1.29 is 23.4 Å². The summed E-state index contributed by atoms with van der Waals surface area (Å²) in [6, 6.07) is 5.27. The van der Waals surface area contributed by atoms with E-state index in [0.29, 0.717) is 6.42 Å². The van der Waals surface area contributed by atoms with Gasteiger partial charge in [0.2, 0.25) is 0 Å². The van der Waals surface area contributed by atoms with Gasteiger partial charge in [0, 0.05) is 12.5 Å². The molecule has 22 heavy (non-hydrogen) atoms. The van der Waals surface area contributed by atoms with Crippen LogP contribution in [0.3, 0.4) is 0 Å². The lowest BCUT2D eigenvalue weighted by Gasteiger charge is -2.23. The summed E-state index contributed by atoms with van der Waals surface area (Å²) in [6.45, 7) is 5.78. The maximum absolute atomic E-state index is 13.1. The van der Waals surface area contributed by atoms with Crippen molar-refractivity contribution in [3.05, 3.63) is 35.4 Å². The molecule has 1 atom stereocenters. The molecule has 0 radical (unpaired) electrons. The Morgan fingerprint density at radius 3 is 2.18 bits per heavy atom. The van der Waals surface area contributed by atoms with E-state index in [2.05, 4.69) is 5.32 Å². The van der Waals surface area contributed by atoms with Gasteiger partial charge in [-0.25, -0.2) is 13.6 Å². The number of aliphatic hydroxyl groups is 1. The van der Waals surface area contributed by atoms with Crippen LogP contribution < -0.4 is 5.32 Å². The number of carbonyl (C=O) groups is 1. The van der Waals surface area contributed by atoms with Gasteiger partial charge in [-0.3, -0.25) is 0 Å². The Morgan fingerprint density at radius 2 is 1.77 bits per heavy atom. The van der Waals surface area contributed by atoms with Crippen LogP contribution in [0.25, 0.3) is 0 Å². The Bertz CT molecular complexity index is 490. The second-order valence-corrected chi connectivity index (χ2v) is 6.32. The van der Waals surface area contributed by atoms with E-state index in [1.807, 2.05) is 0 Å². The summed E-state index contributed by atoms with van der Waals surface area (Å²) < 4.78 is 31.4. The van der Waals surface area contributed by atoms with Gasteiger partial charge in [-0.2, -0.15) is 0 Å². The Morgan fingerprint density at radius 1 is 1.23 bits per heavy atom. The number of alkyl carbamates (subject to hydrolysis) is 1. The molecule has 1 amide bonds. The van der Waals surface area contributed by atoms with E-state index in [0.717, 1.165) is 12.5 Å². The van der Waals surface area contributed by atoms with E-state index in [-0.39, 0.29) is 12.2 Å². The summed E-state index contributed by atoms with van der Waals surface area (Å²) in [6.07, 6.45) is -0.297. The molecule has 0 fully saturated rings. The lowest BCUT2D eigenvalue weighted by molar-refractivity contribution is 0.0174. The quantitative estimate of drug-likeness (QED) is 0.877. The molecular formula is C16H23F2NO3. The fourth-order valence-corrected chi connectivity index (χ4v) is 1.85. The standard InChI is InChI=1S/C16H23F2NO3/c1-15(2,3)22-14(21)19-13(10-20)9-11-5-7-12(8-6-11)16(4,17)18/h5-8,13,20H,9-10H2,1-4H3,(H,19,21)/t13-/m0/s1. The lowest BCUT2D eigenvalue weighted by Crippen LogP contribution is -2.42. The van der Waals surface area contributed by atoms with Gasteiger partial charge >= 0.3 is 6.09 Å². The maximum Gasteiger partial charge on any atom is 0.407 e. The molecule has 0 heterocycles. The smallest absolute Gasteiger partial charge is 0.407 e. The van der Waals surface area contributed by atoms with E-state index in [1.54, 1.807) is 32.9 Å². The first-order valence-corrected chi connectivity index (χ1v) is 7.09. The Hall–Kier alpha value is -1.69. The molecule has 1 aromatic carbocycles. The molecule has 0 aliphatic carbocycles. The third kappa shape index (κ3) is 6.39. The molecule has 0 saturated carbocycles. The van der Waals surface area contributed by atoms with E-state index >= 15 is 0 Å². The van der Waals surface area contributed by atoms with Gasteiger partial charge in [-0.1, -0.05) is 24.3 Å². The zero-order valence-corrected chi connectivity index (χ0v) is 13.3. The molecule has 0 saturated heterocycles. The highest BCUT2D eigenvalue weighted by molar-refractivity contribution is 5.68. The Labute approximate surface area is 129 Å². The number of amides is 1. The van der Waals surface area contributed by atoms with Crippen molar-refractivity contribution in [3.8, 4) is 0 Å². The summed E-state index contributed by atoms with van der Waals surface area (Å²) in [7, 11) is 0. The Balaban J connectivity index is 2.65. The van der Waals surface area contributed by atoms with Crippen LogP contribution in [0.15, 0.2) is 24.3 Å². The fraction of sp³-hybridized carbons (Fsp3) is 0.562. The molecule has 0 aromatic heterocycles. The van der Waals surface area contributed by atoms with Gasteiger partial charge in [0.05, 0.1) is 12.6 Å². The van der Waals surface area contributed by atoms with Crippen molar-refractivity contribution in [1.82, 2.24) is 5.32 Å². The number of rotatable bonds is 5. The molecule has 4 nitrogen and oxygen atoms in total. The molecule has 1 aromatic rings. The number of alkyl halides is 2. The minimum atomic E-state index is -2.89. The van der Waals surface area contributed by atoms with E-state index in [9.17, 15) is 18.7 Å². The van der Waals surface area contributed by atoms with E-state index in [4.69, 9.17) is 4.74 Å². The molecule has 0 bridgehead atoms.